The minimum atomic E-state index is -2.65. The van der Waals surface area contributed by atoms with E-state index in [9.17, 15) is 34.5 Å². The third-order valence-electron chi connectivity index (χ3n) is 7.43. The van der Waals surface area contributed by atoms with Crippen LogP contribution in [0, 0.1) is 35.5 Å². The molecule has 3 unspecified atom stereocenters. The minimum Gasteiger partial charge on any atom is -0.507 e. The number of likely N-dealkylation sites (N-methyl/N-ethyl adjacent to an activating group) is 1. The minimum absolute atomic E-state index is 0.0363. The van der Waals surface area contributed by atoms with Crippen LogP contribution in [0.1, 0.15) is 34.8 Å². The van der Waals surface area contributed by atoms with Gasteiger partial charge in [-0.05, 0) is 57.5 Å². The Hall–Kier alpha value is -3.06. The first-order valence-corrected chi connectivity index (χ1v) is 10.7. The van der Waals surface area contributed by atoms with Gasteiger partial charge in [0, 0.05) is 17.5 Å². The average molecular weight is 454 g/mol. The van der Waals surface area contributed by atoms with E-state index in [0.29, 0.717) is 11.1 Å². The van der Waals surface area contributed by atoms with Crippen molar-refractivity contribution in [3.05, 3.63) is 28.8 Å². The maximum Gasteiger partial charge on any atom is 0.230 e. The third-order valence-corrected chi connectivity index (χ3v) is 7.43. The first-order chi connectivity index (χ1) is 15.5. The lowest BCUT2D eigenvalue weighted by atomic mass is 9.52. The van der Waals surface area contributed by atoms with Crippen LogP contribution in [-0.4, -0.2) is 75.3 Å². The predicted octanol–water partition coefficient (Wildman–Crippen LogP) is -0.970. The lowest BCUT2D eigenvalue weighted by molar-refractivity contribution is -0.190. The van der Waals surface area contributed by atoms with Crippen LogP contribution in [0.3, 0.4) is 0 Å². The fourth-order valence-electron chi connectivity index (χ4n) is 6.07. The Labute approximate surface area is 190 Å². The molecule has 0 spiro atoms. The van der Waals surface area contributed by atoms with Crippen LogP contribution in [-0.2, 0) is 20.8 Å². The average Bonchev–Trinajstić information content (AvgIpc) is 2.72. The zero-order chi connectivity index (χ0) is 24.4. The largest absolute Gasteiger partial charge is 0.507 e. The van der Waals surface area contributed by atoms with Crippen LogP contribution in [0.15, 0.2) is 12.1 Å². The Kier molecular flexibility index (Phi) is 5.44. The summed E-state index contributed by atoms with van der Waals surface area (Å²) in [6.07, 6.45) is -1.22. The molecule has 2 saturated carbocycles. The Morgan fingerprint density at radius 1 is 1.21 bits per heavy atom. The van der Waals surface area contributed by atoms with Gasteiger partial charge >= 0.3 is 0 Å². The number of nitrogens with two attached hydrogens (primary N) is 1. The van der Waals surface area contributed by atoms with E-state index in [2.05, 4.69) is 11.8 Å². The Balaban J connectivity index is 1.88. The SMILES string of the molecule is CC#Cc1ccc(O)c2c1C[C@@H]1C[C@@H]3[C@@H](N(C)C)C(O)C(C(N)=O)C(=O)[C@]3(O)C(=O)C1C2=O. The highest BCUT2D eigenvalue weighted by atomic mass is 16.3. The zero-order valence-corrected chi connectivity index (χ0v) is 18.5. The van der Waals surface area contributed by atoms with Gasteiger partial charge in [0.15, 0.2) is 23.0 Å². The summed E-state index contributed by atoms with van der Waals surface area (Å²) in [7, 11) is 3.21. The number of hydrogen-bond donors (Lipinski definition) is 4. The predicted molar refractivity (Wildman–Crippen MR) is 115 cm³/mol. The number of aliphatic hydroxyl groups excluding tert-OH is 1. The molecule has 0 saturated heterocycles. The molecule has 3 aliphatic rings. The summed E-state index contributed by atoms with van der Waals surface area (Å²) in [6, 6.07) is 2.01. The topological polar surface area (TPSA) is 158 Å². The number of fused-ring (bicyclic) bond motifs is 3. The van der Waals surface area contributed by atoms with E-state index < -0.39 is 64.7 Å². The standard InChI is InChI=1S/C24H26N2O7/c1-4-5-10-6-7-14(27)16-12(10)8-11-9-13-18(26(2)3)20(29)17(23(25)32)22(31)24(13,33)21(30)15(11)19(16)28/h6-7,11,13,15,17-18,20,27,29,33H,8-9H2,1-3H3,(H2,25,32)/t11-,13-,15?,17?,18-,20?,24-/m1/s1. The van der Waals surface area contributed by atoms with Crippen LogP contribution in [0.2, 0.25) is 0 Å². The van der Waals surface area contributed by atoms with Gasteiger partial charge in [0.2, 0.25) is 5.91 Å². The van der Waals surface area contributed by atoms with Crippen molar-refractivity contribution in [3.63, 3.8) is 0 Å². The fourth-order valence-corrected chi connectivity index (χ4v) is 6.07. The Bertz CT molecular complexity index is 1150. The number of phenolic OH excluding ortho intramolecular Hbond substituents is 1. The van der Waals surface area contributed by atoms with E-state index in [1.807, 2.05) is 0 Å². The molecule has 7 atom stereocenters. The van der Waals surface area contributed by atoms with E-state index in [-0.39, 0.29) is 24.2 Å². The van der Waals surface area contributed by atoms with Crippen molar-refractivity contribution in [1.29, 1.82) is 0 Å². The first-order valence-electron chi connectivity index (χ1n) is 10.7. The summed E-state index contributed by atoms with van der Waals surface area (Å²) in [5.41, 5.74) is 3.74. The van der Waals surface area contributed by atoms with Gasteiger partial charge in [-0.1, -0.05) is 5.92 Å². The summed E-state index contributed by atoms with van der Waals surface area (Å²) < 4.78 is 0. The molecule has 1 aromatic rings. The highest BCUT2D eigenvalue weighted by Crippen LogP contribution is 2.51. The van der Waals surface area contributed by atoms with Gasteiger partial charge in [-0.15, -0.1) is 5.92 Å². The van der Waals surface area contributed by atoms with Gasteiger partial charge in [-0.2, -0.15) is 0 Å². The molecule has 0 aliphatic heterocycles. The molecule has 4 rings (SSSR count). The molecular weight excluding hydrogens is 428 g/mol. The molecule has 2 fully saturated rings. The van der Waals surface area contributed by atoms with Crippen molar-refractivity contribution in [2.45, 2.75) is 37.5 Å². The quantitative estimate of drug-likeness (QED) is 0.328. The zero-order valence-electron chi connectivity index (χ0n) is 18.5. The highest BCUT2D eigenvalue weighted by Gasteiger charge is 2.69. The van der Waals surface area contributed by atoms with Gasteiger partial charge in [0.25, 0.3) is 0 Å². The van der Waals surface area contributed by atoms with E-state index in [1.165, 1.54) is 6.07 Å². The number of aromatic hydroxyl groups is 1. The van der Waals surface area contributed by atoms with Gasteiger partial charge in [0.05, 0.1) is 17.6 Å². The van der Waals surface area contributed by atoms with Gasteiger partial charge < -0.3 is 26.0 Å². The number of benzene rings is 1. The van der Waals surface area contributed by atoms with E-state index >= 15 is 0 Å². The highest BCUT2D eigenvalue weighted by molar-refractivity contribution is 6.25. The number of rotatable bonds is 2. The van der Waals surface area contributed by atoms with Crippen LogP contribution in [0.4, 0.5) is 0 Å². The molecule has 3 aliphatic carbocycles. The second-order valence-electron chi connectivity index (χ2n) is 9.33. The smallest absolute Gasteiger partial charge is 0.230 e. The van der Waals surface area contributed by atoms with Crippen molar-refractivity contribution in [2.24, 2.45) is 29.4 Å². The van der Waals surface area contributed by atoms with Gasteiger partial charge in [-0.25, -0.2) is 0 Å². The molecule has 174 valence electrons. The van der Waals surface area contributed by atoms with Gasteiger partial charge in [0.1, 0.15) is 11.7 Å². The number of amides is 1. The fraction of sp³-hybridized carbons (Fsp3) is 0.500. The Morgan fingerprint density at radius 3 is 2.45 bits per heavy atom. The monoisotopic (exact) mass is 454 g/mol. The van der Waals surface area contributed by atoms with Crippen molar-refractivity contribution >= 4 is 23.3 Å². The van der Waals surface area contributed by atoms with Crippen LogP contribution < -0.4 is 5.73 Å². The maximum atomic E-state index is 13.7. The summed E-state index contributed by atoms with van der Waals surface area (Å²) >= 11 is 0. The second kappa shape index (κ2) is 7.76. The van der Waals surface area contributed by atoms with Crippen LogP contribution in [0.5, 0.6) is 5.75 Å². The number of Topliss-reactive ketones (excluding diaryl/α,β-unsaturated/α-hetero) is 3. The van der Waals surface area contributed by atoms with Crippen LogP contribution in [0.25, 0.3) is 0 Å². The molecule has 0 bridgehead atoms. The number of primary amides is 1. The molecule has 0 heterocycles. The summed E-state index contributed by atoms with van der Waals surface area (Å²) in [5, 5.41) is 32.7. The summed E-state index contributed by atoms with van der Waals surface area (Å²) in [5.74, 6) is -3.43. The molecule has 0 radical (unpaired) electrons. The molecule has 9 heteroatoms. The van der Waals surface area contributed by atoms with Crippen LogP contribution >= 0.6 is 0 Å². The molecular formula is C24H26N2O7. The number of carbonyl (C=O) groups is 4. The lowest BCUT2D eigenvalue weighted by Crippen LogP contribution is -2.75. The molecule has 33 heavy (non-hydrogen) atoms. The lowest BCUT2D eigenvalue weighted by Gasteiger charge is -2.54. The molecule has 5 N–H and O–H groups in total. The number of aliphatic hydroxyl groups is 2. The van der Waals surface area contributed by atoms with E-state index in [0.717, 1.165) is 0 Å². The molecule has 1 amide bonds. The van der Waals surface area contributed by atoms with Gasteiger partial charge in [-0.3, -0.25) is 19.2 Å². The van der Waals surface area contributed by atoms with E-state index in [1.54, 1.807) is 32.0 Å². The third kappa shape index (κ3) is 3.05. The number of nitrogens with zero attached hydrogens (tertiary/aromatic N) is 1. The number of phenols is 1. The first kappa shape index (κ1) is 23.1. The van der Waals surface area contributed by atoms with Crippen molar-refractivity contribution in [3.8, 4) is 17.6 Å². The van der Waals surface area contributed by atoms with Crippen molar-refractivity contribution in [1.82, 2.24) is 4.90 Å². The maximum absolute atomic E-state index is 13.7. The number of hydrogen-bond acceptors (Lipinski definition) is 8. The van der Waals surface area contributed by atoms with Crippen molar-refractivity contribution in [2.75, 3.05) is 14.1 Å². The Morgan fingerprint density at radius 2 is 1.88 bits per heavy atom. The molecule has 9 nitrogen and oxygen atoms in total. The molecule has 0 aromatic heterocycles. The number of carbonyl (C=O) groups excluding carboxylic acids is 4. The van der Waals surface area contributed by atoms with Crippen molar-refractivity contribution < 1.29 is 34.5 Å². The van der Waals surface area contributed by atoms with E-state index in [4.69, 9.17) is 5.73 Å². The summed E-state index contributed by atoms with van der Waals surface area (Å²) in [6.45, 7) is 1.64. The number of ketones is 3. The second-order valence-corrected chi connectivity index (χ2v) is 9.33. The molecule has 1 aromatic carbocycles. The normalized spacial score (nSPS) is 35.3. The summed E-state index contributed by atoms with van der Waals surface area (Å²) in [4.78, 5) is 53.9.